The van der Waals surface area contributed by atoms with E-state index in [4.69, 9.17) is 16.3 Å². The first kappa shape index (κ1) is 9.98. The molecule has 0 N–H and O–H groups in total. The number of rotatable bonds is 3. The molecule has 2 heterocycles. The van der Waals surface area contributed by atoms with Gasteiger partial charge >= 0.3 is 0 Å². The van der Waals surface area contributed by atoms with E-state index in [1.54, 1.807) is 30.9 Å². The summed E-state index contributed by atoms with van der Waals surface area (Å²) in [6.45, 7) is 0.472. The van der Waals surface area contributed by atoms with Crippen molar-refractivity contribution in [3.05, 3.63) is 41.7 Å². The predicted molar refractivity (Wildman–Crippen MR) is 56.8 cm³/mol. The van der Waals surface area contributed by atoms with Crippen molar-refractivity contribution in [2.45, 2.75) is 6.61 Å². The van der Waals surface area contributed by atoms with Gasteiger partial charge in [0.15, 0.2) is 0 Å². The lowest BCUT2D eigenvalue weighted by Crippen LogP contribution is -2.01. The zero-order valence-corrected chi connectivity index (χ0v) is 8.98. The molecule has 0 aliphatic carbocycles. The molecular formula is C10H10ClN3O. The second-order valence-electron chi connectivity index (χ2n) is 3.10. The first-order chi connectivity index (χ1) is 7.25. The van der Waals surface area contributed by atoms with Gasteiger partial charge in [-0.1, -0.05) is 11.6 Å². The van der Waals surface area contributed by atoms with Gasteiger partial charge in [-0.2, -0.15) is 0 Å². The fourth-order valence-electron chi connectivity index (χ4n) is 1.13. The van der Waals surface area contributed by atoms with Crippen molar-refractivity contribution in [1.29, 1.82) is 0 Å². The molecule has 0 aliphatic heterocycles. The maximum Gasteiger partial charge on any atom is 0.138 e. The van der Waals surface area contributed by atoms with Crippen LogP contribution in [0.15, 0.2) is 30.9 Å². The molecule has 78 valence electrons. The Labute approximate surface area is 92.5 Å². The van der Waals surface area contributed by atoms with Crippen LogP contribution < -0.4 is 4.74 Å². The van der Waals surface area contributed by atoms with E-state index >= 15 is 0 Å². The molecule has 2 rings (SSSR count). The number of aryl methyl sites for hydroxylation is 1. The highest BCUT2D eigenvalue weighted by Gasteiger charge is 2.00. The summed E-state index contributed by atoms with van der Waals surface area (Å²) in [4.78, 5) is 7.91. The van der Waals surface area contributed by atoms with E-state index < -0.39 is 0 Å². The summed E-state index contributed by atoms with van der Waals surface area (Å²) in [5, 5.41) is 0.461. The van der Waals surface area contributed by atoms with Crippen LogP contribution in [0, 0.1) is 0 Å². The predicted octanol–water partition coefficient (Wildman–Crippen LogP) is 2.05. The zero-order chi connectivity index (χ0) is 10.7. The van der Waals surface area contributed by atoms with Crippen molar-refractivity contribution in [2.24, 2.45) is 7.05 Å². The third kappa shape index (κ3) is 2.47. The highest BCUT2D eigenvalue weighted by atomic mass is 35.5. The number of pyridine rings is 1. The van der Waals surface area contributed by atoms with Crippen LogP contribution in [0.2, 0.25) is 5.15 Å². The SMILES string of the molecule is Cn1cncc1COc1ccc(Cl)nc1. The Kier molecular flexibility index (Phi) is 2.87. The molecule has 0 bridgehead atoms. The van der Waals surface area contributed by atoms with Gasteiger partial charge in [-0.05, 0) is 12.1 Å². The lowest BCUT2D eigenvalue weighted by atomic mass is 10.4. The molecule has 15 heavy (non-hydrogen) atoms. The van der Waals surface area contributed by atoms with E-state index in [0.29, 0.717) is 17.5 Å². The molecule has 0 saturated carbocycles. The van der Waals surface area contributed by atoms with Gasteiger partial charge in [-0.25, -0.2) is 9.97 Å². The summed E-state index contributed by atoms with van der Waals surface area (Å²) < 4.78 is 7.41. The summed E-state index contributed by atoms with van der Waals surface area (Å²) in [5.41, 5.74) is 1.00. The molecule has 0 fully saturated rings. The van der Waals surface area contributed by atoms with Gasteiger partial charge in [-0.15, -0.1) is 0 Å². The normalized spacial score (nSPS) is 10.3. The third-order valence-electron chi connectivity index (χ3n) is 2.00. The monoisotopic (exact) mass is 223 g/mol. The molecule has 0 aliphatic rings. The van der Waals surface area contributed by atoms with Gasteiger partial charge in [0.05, 0.1) is 24.4 Å². The van der Waals surface area contributed by atoms with E-state index in [9.17, 15) is 0 Å². The Bertz CT molecular complexity index is 438. The number of hydrogen-bond donors (Lipinski definition) is 0. The highest BCUT2D eigenvalue weighted by molar-refractivity contribution is 6.29. The summed E-state index contributed by atoms with van der Waals surface area (Å²) in [6, 6.07) is 3.48. The molecule has 0 spiro atoms. The fraction of sp³-hybridized carbons (Fsp3) is 0.200. The van der Waals surface area contributed by atoms with E-state index in [1.807, 2.05) is 11.6 Å². The van der Waals surface area contributed by atoms with Gasteiger partial charge < -0.3 is 9.30 Å². The third-order valence-corrected chi connectivity index (χ3v) is 2.23. The van der Waals surface area contributed by atoms with Crippen molar-refractivity contribution < 1.29 is 4.74 Å². The van der Waals surface area contributed by atoms with Crippen LogP contribution in [0.25, 0.3) is 0 Å². The van der Waals surface area contributed by atoms with Gasteiger partial charge in [0.2, 0.25) is 0 Å². The lowest BCUT2D eigenvalue weighted by Gasteiger charge is -2.05. The number of hydrogen-bond acceptors (Lipinski definition) is 3. The quantitative estimate of drug-likeness (QED) is 0.748. The van der Waals surface area contributed by atoms with Crippen molar-refractivity contribution in [1.82, 2.24) is 14.5 Å². The van der Waals surface area contributed by atoms with Crippen LogP contribution in [0.4, 0.5) is 0 Å². The van der Waals surface area contributed by atoms with E-state index in [2.05, 4.69) is 9.97 Å². The molecule has 0 saturated heterocycles. The fourth-order valence-corrected chi connectivity index (χ4v) is 1.24. The number of aromatic nitrogens is 3. The molecule has 0 unspecified atom stereocenters. The number of ether oxygens (including phenoxy) is 1. The average Bonchev–Trinajstić information content (AvgIpc) is 2.63. The minimum absolute atomic E-state index is 0.461. The molecule has 0 amide bonds. The molecule has 2 aromatic rings. The van der Waals surface area contributed by atoms with Gasteiger partial charge in [0.25, 0.3) is 0 Å². The second-order valence-corrected chi connectivity index (χ2v) is 3.49. The highest BCUT2D eigenvalue weighted by Crippen LogP contribution is 2.13. The molecule has 2 aromatic heterocycles. The Hall–Kier alpha value is -1.55. The van der Waals surface area contributed by atoms with E-state index in [-0.39, 0.29) is 0 Å². The van der Waals surface area contributed by atoms with Gasteiger partial charge in [0.1, 0.15) is 17.5 Å². The Morgan fingerprint density at radius 1 is 1.40 bits per heavy atom. The lowest BCUT2D eigenvalue weighted by molar-refractivity contribution is 0.296. The maximum atomic E-state index is 5.66. The minimum atomic E-state index is 0.461. The summed E-state index contributed by atoms with van der Waals surface area (Å²) in [5.74, 6) is 0.695. The van der Waals surface area contributed by atoms with Crippen LogP contribution in [0.1, 0.15) is 5.69 Å². The Balaban J connectivity index is 1.99. The molecule has 0 aromatic carbocycles. The Morgan fingerprint density at radius 3 is 2.87 bits per heavy atom. The second kappa shape index (κ2) is 4.31. The summed E-state index contributed by atoms with van der Waals surface area (Å²) >= 11 is 5.66. The average molecular weight is 224 g/mol. The minimum Gasteiger partial charge on any atom is -0.486 e. The molecule has 0 radical (unpaired) electrons. The molecule has 4 nitrogen and oxygen atoms in total. The largest absolute Gasteiger partial charge is 0.486 e. The van der Waals surface area contributed by atoms with Crippen LogP contribution in [-0.4, -0.2) is 14.5 Å². The van der Waals surface area contributed by atoms with E-state index in [1.165, 1.54) is 0 Å². The number of nitrogens with zero attached hydrogens (tertiary/aromatic N) is 3. The van der Waals surface area contributed by atoms with Crippen molar-refractivity contribution >= 4 is 11.6 Å². The molecule has 0 atom stereocenters. The van der Waals surface area contributed by atoms with Crippen LogP contribution in [0.5, 0.6) is 5.75 Å². The topological polar surface area (TPSA) is 39.9 Å². The van der Waals surface area contributed by atoms with Gasteiger partial charge in [-0.3, -0.25) is 0 Å². The summed E-state index contributed by atoms with van der Waals surface area (Å²) in [6.07, 6.45) is 5.10. The van der Waals surface area contributed by atoms with Crippen LogP contribution in [-0.2, 0) is 13.7 Å². The van der Waals surface area contributed by atoms with Gasteiger partial charge in [0, 0.05) is 7.05 Å². The summed E-state index contributed by atoms with van der Waals surface area (Å²) in [7, 11) is 1.92. The van der Waals surface area contributed by atoms with Crippen molar-refractivity contribution in [3.63, 3.8) is 0 Å². The standard InChI is InChI=1S/C10H10ClN3O/c1-14-7-12-4-8(14)6-15-9-2-3-10(11)13-5-9/h2-5,7H,6H2,1H3. The number of imidazole rings is 1. The smallest absolute Gasteiger partial charge is 0.138 e. The van der Waals surface area contributed by atoms with E-state index in [0.717, 1.165) is 5.69 Å². The molecular weight excluding hydrogens is 214 g/mol. The zero-order valence-electron chi connectivity index (χ0n) is 8.22. The van der Waals surface area contributed by atoms with Crippen molar-refractivity contribution in [3.8, 4) is 5.75 Å². The Morgan fingerprint density at radius 2 is 2.27 bits per heavy atom. The number of halogens is 1. The first-order valence-corrected chi connectivity index (χ1v) is 4.83. The van der Waals surface area contributed by atoms with Crippen molar-refractivity contribution in [2.75, 3.05) is 0 Å². The van der Waals surface area contributed by atoms with Crippen LogP contribution in [0.3, 0.4) is 0 Å². The molecule has 5 heteroatoms. The first-order valence-electron chi connectivity index (χ1n) is 4.45. The maximum absolute atomic E-state index is 5.66. The van der Waals surface area contributed by atoms with Crippen LogP contribution >= 0.6 is 11.6 Å².